The van der Waals surface area contributed by atoms with Crippen molar-refractivity contribution < 1.29 is 46.8 Å². The Hall–Kier alpha value is -3.95. The molecule has 3 aromatic rings. The second-order valence-electron chi connectivity index (χ2n) is 17.2. The van der Waals surface area contributed by atoms with Crippen molar-refractivity contribution >= 4 is 35.7 Å². The van der Waals surface area contributed by atoms with Crippen molar-refractivity contribution in [3.05, 3.63) is 81.9 Å². The molecule has 0 bridgehead atoms. The zero-order chi connectivity index (χ0) is 38.8. The van der Waals surface area contributed by atoms with Gasteiger partial charge in [-0.05, 0) is 89.8 Å². The standard InChI is InChI=1S/C38H52N2O2.2C2H4O2.Co/c1-35(2,3)21-25-16-27(33(41)31(18-25)37(7,8)9)23-39-29-14-13-15-30(20-29)40-24-28-17-26(22-36(4,5)6)19-32(34(28)42)38(10,11)12;2*1-2(3)4;/h13-20,23-24,41-42H,21-22H2,1-12H3;2*1H3,(H,3,4);/q;;;+2/p-2. The number of benzene rings is 3. The Morgan fingerprint density at radius 1 is 0.608 bits per heavy atom. The molecule has 8 nitrogen and oxygen atoms in total. The SMILES string of the molecule is CC(=O)[O-].CC(=O)[O-].CC(C)(C)Cc1cc(C=Nc2cccc(N=Cc3cc(CC(C)(C)C)cc(C(C)(C)C)c3O)c2)c(O)c(C(C)(C)C)c1.[Co+2]. The first-order valence-electron chi connectivity index (χ1n) is 16.8. The Labute approximate surface area is 316 Å². The number of carbonyl (C=O) groups is 2. The largest absolute Gasteiger partial charge is 2.00 e. The Morgan fingerprint density at radius 3 is 1.16 bits per heavy atom. The molecule has 281 valence electrons. The molecule has 2 N–H and O–H groups in total. The summed E-state index contributed by atoms with van der Waals surface area (Å²) < 4.78 is 0. The molecule has 9 heteroatoms. The first-order chi connectivity index (χ1) is 22.6. The fourth-order valence-electron chi connectivity index (χ4n) is 5.15. The zero-order valence-electron chi connectivity index (χ0n) is 32.9. The van der Waals surface area contributed by atoms with Crippen molar-refractivity contribution in [1.82, 2.24) is 0 Å². The topological polar surface area (TPSA) is 145 Å². The second kappa shape index (κ2) is 19.0. The van der Waals surface area contributed by atoms with Gasteiger partial charge in [0.1, 0.15) is 11.5 Å². The molecule has 0 aliphatic carbocycles. The molecule has 0 amide bonds. The second-order valence-corrected chi connectivity index (χ2v) is 17.2. The van der Waals surface area contributed by atoms with Crippen molar-refractivity contribution in [3.8, 4) is 11.5 Å². The summed E-state index contributed by atoms with van der Waals surface area (Å²) in [6, 6.07) is 16.0. The van der Waals surface area contributed by atoms with Gasteiger partial charge in [-0.3, -0.25) is 9.98 Å². The third kappa shape index (κ3) is 18.2. The number of aliphatic carboxylic acids is 2. The normalized spacial score (nSPS) is 12.0. The number of rotatable bonds is 6. The predicted octanol–water partition coefficient (Wildman–Crippen LogP) is 7.88. The number of hydrogen-bond acceptors (Lipinski definition) is 8. The first kappa shape index (κ1) is 47.0. The number of phenolic OH excluding ortho intramolecular Hbond substituents is 2. The number of nitrogens with zero attached hydrogens (tertiary/aromatic N) is 2. The van der Waals surface area contributed by atoms with Gasteiger partial charge in [0.2, 0.25) is 0 Å². The van der Waals surface area contributed by atoms with E-state index in [-0.39, 0.29) is 49.9 Å². The van der Waals surface area contributed by atoms with E-state index in [1.807, 2.05) is 36.4 Å². The number of carboxylic acid groups (broad SMARTS) is 2. The van der Waals surface area contributed by atoms with Gasteiger partial charge in [0.05, 0.1) is 11.4 Å². The number of carboxylic acids is 2. The Balaban J connectivity index is 0.00000251. The van der Waals surface area contributed by atoms with E-state index in [0.29, 0.717) is 11.1 Å². The van der Waals surface area contributed by atoms with E-state index in [4.69, 9.17) is 29.8 Å². The third-order valence-corrected chi connectivity index (χ3v) is 7.02. The molecule has 0 fully saturated rings. The molecule has 0 aromatic heterocycles. The van der Waals surface area contributed by atoms with Crippen LogP contribution in [0.25, 0.3) is 0 Å². The minimum Gasteiger partial charge on any atom is -0.550 e. The summed E-state index contributed by atoms with van der Waals surface area (Å²) >= 11 is 0. The van der Waals surface area contributed by atoms with Gasteiger partial charge in [0.25, 0.3) is 0 Å². The van der Waals surface area contributed by atoms with Gasteiger partial charge in [-0.2, -0.15) is 0 Å². The molecule has 0 spiro atoms. The van der Waals surface area contributed by atoms with E-state index in [2.05, 4.69) is 95.2 Å². The molecule has 3 aromatic carbocycles. The molecular weight excluding hydrogens is 687 g/mol. The summed E-state index contributed by atoms with van der Waals surface area (Å²) in [6.07, 6.45) is 5.30. The van der Waals surface area contributed by atoms with Gasteiger partial charge in [0.15, 0.2) is 0 Å². The van der Waals surface area contributed by atoms with E-state index in [9.17, 15) is 10.2 Å². The van der Waals surface area contributed by atoms with Crippen LogP contribution >= 0.6 is 0 Å². The smallest absolute Gasteiger partial charge is 0.550 e. The Bertz CT molecular complexity index is 1550. The van der Waals surface area contributed by atoms with Crippen LogP contribution in [-0.2, 0) is 50.0 Å². The molecule has 1 radical (unpaired) electrons. The molecule has 51 heavy (non-hydrogen) atoms. The van der Waals surface area contributed by atoms with E-state index in [1.54, 1.807) is 12.4 Å². The number of phenols is 2. The summed E-state index contributed by atoms with van der Waals surface area (Å²) in [6.45, 7) is 28.0. The minimum absolute atomic E-state index is 0. The Morgan fingerprint density at radius 2 is 0.902 bits per heavy atom. The minimum atomic E-state index is -1.08. The van der Waals surface area contributed by atoms with Crippen molar-refractivity contribution in [2.24, 2.45) is 20.8 Å². The van der Waals surface area contributed by atoms with Crippen LogP contribution < -0.4 is 10.2 Å². The van der Waals surface area contributed by atoms with Gasteiger partial charge in [-0.15, -0.1) is 0 Å². The summed E-state index contributed by atoms with van der Waals surface area (Å²) in [5, 5.41) is 40.1. The molecular formula is C42H58CoN2O6. The molecule has 0 aliphatic heterocycles. The molecule has 0 saturated carbocycles. The van der Waals surface area contributed by atoms with Crippen LogP contribution in [0.5, 0.6) is 11.5 Å². The van der Waals surface area contributed by atoms with Gasteiger partial charge in [0, 0.05) is 46.6 Å². The van der Waals surface area contributed by atoms with Crippen LogP contribution in [0.4, 0.5) is 11.4 Å². The van der Waals surface area contributed by atoms with Gasteiger partial charge < -0.3 is 30.0 Å². The average molecular weight is 746 g/mol. The van der Waals surface area contributed by atoms with Crippen LogP contribution in [0.1, 0.15) is 130 Å². The van der Waals surface area contributed by atoms with E-state index < -0.39 is 11.9 Å². The molecule has 3 rings (SSSR count). The van der Waals surface area contributed by atoms with Crippen LogP contribution in [0.15, 0.2) is 58.5 Å². The quantitative estimate of drug-likeness (QED) is 0.246. The van der Waals surface area contributed by atoms with Gasteiger partial charge in [-0.1, -0.05) is 101 Å². The molecule has 0 heterocycles. The van der Waals surface area contributed by atoms with Crippen LogP contribution in [0.3, 0.4) is 0 Å². The summed E-state index contributed by atoms with van der Waals surface area (Å²) in [4.78, 5) is 27.2. The molecule has 0 unspecified atom stereocenters. The summed E-state index contributed by atoms with van der Waals surface area (Å²) in [7, 11) is 0. The predicted molar refractivity (Wildman–Crippen MR) is 202 cm³/mol. The van der Waals surface area contributed by atoms with Crippen LogP contribution in [0.2, 0.25) is 0 Å². The van der Waals surface area contributed by atoms with Crippen LogP contribution in [0, 0.1) is 10.8 Å². The fraction of sp³-hybridized carbons (Fsp3) is 0.476. The third-order valence-electron chi connectivity index (χ3n) is 7.02. The number of hydrogen-bond donors (Lipinski definition) is 2. The maximum Gasteiger partial charge on any atom is 2.00 e. The maximum absolute atomic E-state index is 11.2. The number of aliphatic imine (C=N–C) groups is 2. The number of carbonyl (C=O) groups excluding carboxylic acids is 2. The van der Waals surface area contributed by atoms with Crippen molar-refractivity contribution in [1.29, 1.82) is 0 Å². The first-order valence-corrected chi connectivity index (χ1v) is 16.8. The van der Waals surface area contributed by atoms with Crippen LogP contribution in [-0.4, -0.2) is 34.6 Å². The van der Waals surface area contributed by atoms with Gasteiger partial charge in [-0.25, -0.2) is 0 Å². The van der Waals surface area contributed by atoms with Gasteiger partial charge >= 0.3 is 16.8 Å². The van der Waals surface area contributed by atoms with E-state index in [0.717, 1.165) is 49.2 Å². The molecule has 0 atom stereocenters. The molecule has 0 saturated heterocycles. The average Bonchev–Trinajstić information content (AvgIpc) is 2.90. The van der Waals surface area contributed by atoms with E-state index in [1.165, 1.54) is 11.1 Å². The number of aromatic hydroxyl groups is 2. The van der Waals surface area contributed by atoms with Crippen molar-refractivity contribution in [2.45, 2.75) is 121 Å². The Kier molecular flexibility index (Phi) is 17.6. The van der Waals surface area contributed by atoms with Crippen molar-refractivity contribution in [3.63, 3.8) is 0 Å². The van der Waals surface area contributed by atoms with Crippen molar-refractivity contribution in [2.75, 3.05) is 0 Å². The molecule has 0 aliphatic rings. The monoisotopic (exact) mass is 745 g/mol. The maximum atomic E-state index is 11.2. The fourth-order valence-corrected chi connectivity index (χ4v) is 5.15. The van der Waals surface area contributed by atoms with E-state index >= 15 is 0 Å². The summed E-state index contributed by atoms with van der Waals surface area (Å²) in [5.74, 6) is -1.61. The summed E-state index contributed by atoms with van der Waals surface area (Å²) in [5.41, 5.74) is 6.99. The zero-order valence-corrected chi connectivity index (χ0v) is 34.0.